The smallest absolute Gasteiger partial charge is 0.222 e. The number of nitrogen functional groups attached to an aromatic ring is 1. The number of allylic oxidation sites excluding steroid dienone is 1. The summed E-state index contributed by atoms with van der Waals surface area (Å²) in [6, 6.07) is 18.6. The van der Waals surface area contributed by atoms with E-state index >= 15 is 0 Å². The van der Waals surface area contributed by atoms with Crippen LogP contribution in [0.4, 0.5) is 11.8 Å². The Labute approximate surface area is 175 Å². The fourth-order valence-electron chi connectivity index (χ4n) is 3.47. The molecule has 0 saturated heterocycles. The number of nitrogens with one attached hydrogen (secondary N) is 1. The average Bonchev–Trinajstić information content (AvgIpc) is 2.68. The molecule has 1 aromatic heterocycles. The summed E-state index contributed by atoms with van der Waals surface area (Å²) < 4.78 is 0. The van der Waals surface area contributed by atoms with Crippen molar-refractivity contribution in [2.75, 3.05) is 17.7 Å². The Bertz CT molecular complexity index is 1040. The largest absolute Gasteiger partial charge is 0.396 e. The van der Waals surface area contributed by atoms with E-state index in [1.54, 1.807) is 11.8 Å². The second-order valence-corrected chi connectivity index (χ2v) is 8.24. The lowest BCUT2D eigenvalue weighted by Gasteiger charge is -2.23. The van der Waals surface area contributed by atoms with Crippen LogP contribution in [0.5, 0.6) is 0 Å². The minimum atomic E-state index is 0.157. The molecule has 148 valence electrons. The molecule has 0 spiro atoms. The van der Waals surface area contributed by atoms with Gasteiger partial charge >= 0.3 is 0 Å². The third-order valence-corrected chi connectivity index (χ3v) is 5.90. The minimum absolute atomic E-state index is 0.157. The predicted molar refractivity (Wildman–Crippen MR) is 119 cm³/mol. The number of hydrogen-bond donors (Lipinski definition) is 3. The molecule has 1 unspecified atom stereocenters. The topological polar surface area (TPSA) is 84.1 Å². The van der Waals surface area contributed by atoms with Crippen LogP contribution < -0.4 is 11.1 Å². The van der Waals surface area contributed by atoms with Crippen LogP contribution in [-0.2, 0) is 12.8 Å². The maximum Gasteiger partial charge on any atom is 0.222 e. The molecule has 0 fully saturated rings. The number of hydrogen-bond acceptors (Lipinski definition) is 6. The molecule has 2 heterocycles. The van der Waals surface area contributed by atoms with E-state index in [9.17, 15) is 5.11 Å². The summed E-state index contributed by atoms with van der Waals surface area (Å²) in [4.78, 5) is 9.96. The molecule has 6 heteroatoms. The highest BCUT2D eigenvalue weighted by atomic mass is 32.2. The van der Waals surface area contributed by atoms with E-state index in [-0.39, 0.29) is 12.6 Å². The summed E-state index contributed by atoms with van der Waals surface area (Å²) in [5, 5.41) is 13.7. The van der Waals surface area contributed by atoms with E-state index in [0.717, 1.165) is 16.3 Å². The Morgan fingerprint density at radius 1 is 1.07 bits per heavy atom. The Morgan fingerprint density at radius 2 is 1.90 bits per heavy atom. The van der Waals surface area contributed by atoms with Gasteiger partial charge in [0.25, 0.3) is 0 Å². The van der Waals surface area contributed by atoms with Gasteiger partial charge in [0.2, 0.25) is 5.95 Å². The van der Waals surface area contributed by atoms with Gasteiger partial charge in [-0.1, -0.05) is 61.2 Å². The molecular formula is C23H24N4OS. The van der Waals surface area contributed by atoms with Gasteiger partial charge in [0.15, 0.2) is 0 Å². The van der Waals surface area contributed by atoms with Gasteiger partial charge < -0.3 is 16.2 Å². The number of fused-ring (bicyclic) bond motifs is 1. The summed E-state index contributed by atoms with van der Waals surface area (Å²) >= 11 is 1.68. The van der Waals surface area contributed by atoms with Crippen molar-refractivity contribution in [1.82, 2.24) is 9.97 Å². The summed E-state index contributed by atoms with van der Waals surface area (Å²) in [5.41, 5.74) is 10.5. The maximum absolute atomic E-state index is 9.22. The third kappa shape index (κ3) is 4.78. The van der Waals surface area contributed by atoms with E-state index in [4.69, 9.17) is 5.73 Å². The fraction of sp³-hybridized carbons (Fsp3) is 0.217. The summed E-state index contributed by atoms with van der Waals surface area (Å²) in [6.45, 7) is 2.34. The van der Waals surface area contributed by atoms with Crippen molar-refractivity contribution in [2.45, 2.75) is 30.6 Å². The molecule has 2 aromatic carbocycles. The number of rotatable bonds is 6. The van der Waals surface area contributed by atoms with Gasteiger partial charge in [0, 0.05) is 29.9 Å². The van der Waals surface area contributed by atoms with E-state index < -0.39 is 0 Å². The van der Waals surface area contributed by atoms with Crippen LogP contribution in [-0.4, -0.2) is 21.7 Å². The number of benzene rings is 2. The number of nitrogens with zero attached hydrogens (tertiary/aromatic N) is 2. The molecule has 1 aliphatic heterocycles. The first-order valence-corrected chi connectivity index (χ1v) is 10.5. The van der Waals surface area contributed by atoms with Gasteiger partial charge in [-0.05, 0) is 35.3 Å². The van der Waals surface area contributed by atoms with E-state index in [1.807, 2.05) is 24.3 Å². The van der Waals surface area contributed by atoms with Gasteiger partial charge in [-0.3, -0.25) is 0 Å². The first kappa shape index (κ1) is 19.5. The normalized spacial score (nSPS) is 15.5. The van der Waals surface area contributed by atoms with E-state index in [0.29, 0.717) is 24.6 Å². The minimum Gasteiger partial charge on any atom is -0.396 e. The first-order chi connectivity index (χ1) is 14.1. The van der Waals surface area contributed by atoms with Gasteiger partial charge in [-0.15, -0.1) is 0 Å². The number of aromatic nitrogens is 2. The highest BCUT2D eigenvalue weighted by molar-refractivity contribution is 8.03. The molecule has 1 atom stereocenters. The molecule has 0 bridgehead atoms. The third-order valence-electron chi connectivity index (χ3n) is 4.87. The summed E-state index contributed by atoms with van der Waals surface area (Å²) in [6.07, 6.45) is 3.58. The molecule has 4 N–H and O–H groups in total. The number of aliphatic hydroxyl groups is 1. The molecule has 5 nitrogen and oxygen atoms in total. The number of nitrogens with two attached hydrogens (primary N) is 1. The van der Waals surface area contributed by atoms with Crippen molar-refractivity contribution in [3.63, 3.8) is 0 Å². The maximum atomic E-state index is 9.22. The molecule has 0 radical (unpaired) electrons. The SMILES string of the molecule is CC1C=C(Nc2cc(Cc3ccccc3)nc(N)n2)Sc2cc(CCO)ccc21. The number of aliphatic hydroxyl groups excluding tert-OH is 1. The van der Waals surface area contributed by atoms with E-state index in [2.05, 4.69) is 58.6 Å². The van der Waals surface area contributed by atoms with Crippen LogP contribution in [0.25, 0.3) is 0 Å². The van der Waals surface area contributed by atoms with Crippen molar-refractivity contribution in [3.05, 3.63) is 88.1 Å². The van der Waals surface area contributed by atoms with Gasteiger partial charge in [0.1, 0.15) is 5.82 Å². The zero-order valence-corrected chi connectivity index (χ0v) is 17.1. The molecule has 4 rings (SSSR count). The Hall–Kier alpha value is -2.83. The molecular weight excluding hydrogens is 380 g/mol. The van der Waals surface area contributed by atoms with Crippen LogP contribution in [0.3, 0.4) is 0 Å². The Morgan fingerprint density at radius 3 is 2.69 bits per heavy atom. The summed E-state index contributed by atoms with van der Waals surface area (Å²) in [7, 11) is 0. The van der Waals surface area contributed by atoms with Crippen LogP contribution in [0.15, 0.2) is 70.6 Å². The number of thioether (sulfide) groups is 1. The van der Waals surface area contributed by atoms with Crippen LogP contribution in [0, 0.1) is 0 Å². The second-order valence-electron chi connectivity index (χ2n) is 7.16. The molecule has 0 amide bonds. The Balaban J connectivity index is 1.54. The lowest BCUT2D eigenvalue weighted by atomic mass is 9.98. The average molecular weight is 405 g/mol. The zero-order valence-electron chi connectivity index (χ0n) is 16.3. The van der Waals surface area contributed by atoms with Crippen molar-refractivity contribution in [3.8, 4) is 0 Å². The summed E-state index contributed by atoms with van der Waals surface area (Å²) in [5.74, 6) is 1.25. The van der Waals surface area contributed by atoms with Gasteiger partial charge in [-0.2, -0.15) is 4.98 Å². The number of anilines is 2. The van der Waals surface area contributed by atoms with Crippen LogP contribution in [0.1, 0.15) is 35.2 Å². The van der Waals surface area contributed by atoms with Crippen LogP contribution in [0.2, 0.25) is 0 Å². The highest BCUT2D eigenvalue weighted by Gasteiger charge is 2.19. The highest BCUT2D eigenvalue weighted by Crippen LogP contribution is 2.40. The lowest BCUT2D eigenvalue weighted by molar-refractivity contribution is 0.299. The lowest BCUT2D eigenvalue weighted by Crippen LogP contribution is -2.09. The van der Waals surface area contributed by atoms with Crippen LogP contribution >= 0.6 is 11.8 Å². The molecule has 0 saturated carbocycles. The fourth-order valence-corrected chi connectivity index (χ4v) is 4.71. The van der Waals surface area contributed by atoms with Gasteiger partial charge in [0.05, 0.1) is 10.7 Å². The first-order valence-electron chi connectivity index (χ1n) is 9.68. The van der Waals surface area contributed by atoms with Gasteiger partial charge in [-0.25, -0.2) is 4.98 Å². The second kappa shape index (κ2) is 8.68. The quantitative estimate of drug-likeness (QED) is 0.567. The molecule has 1 aliphatic rings. The standard InChI is InChI=1S/C23H24N4OS/c1-15-11-22(29-20-13-17(9-10-28)7-8-19(15)20)26-21-14-18(25-23(24)27-21)12-16-5-3-2-4-6-16/h2-8,11,13-15,28H,9-10,12H2,1H3,(H3,24,25,26,27). The predicted octanol–water partition coefficient (Wildman–Crippen LogP) is 4.35. The zero-order chi connectivity index (χ0) is 20.2. The van der Waals surface area contributed by atoms with Crippen molar-refractivity contribution < 1.29 is 5.11 Å². The van der Waals surface area contributed by atoms with Crippen molar-refractivity contribution in [2.24, 2.45) is 0 Å². The molecule has 29 heavy (non-hydrogen) atoms. The van der Waals surface area contributed by atoms with Crippen molar-refractivity contribution >= 4 is 23.5 Å². The van der Waals surface area contributed by atoms with E-state index in [1.165, 1.54) is 16.0 Å². The molecule has 3 aromatic rings. The molecule has 0 aliphatic carbocycles. The monoisotopic (exact) mass is 404 g/mol. The Kier molecular flexibility index (Phi) is 5.83. The van der Waals surface area contributed by atoms with Crippen molar-refractivity contribution in [1.29, 1.82) is 0 Å².